The smallest absolute Gasteiger partial charge is 0.226 e. The lowest BCUT2D eigenvalue weighted by atomic mass is 10.2. The van der Waals surface area contributed by atoms with Crippen LogP contribution in [0.2, 0.25) is 0 Å². The maximum absolute atomic E-state index is 12.6. The van der Waals surface area contributed by atoms with Crippen molar-refractivity contribution in [2.24, 2.45) is 0 Å². The van der Waals surface area contributed by atoms with Crippen LogP contribution in [0.4, 0.5) is 10.3 Å². The summed E-state index contributed by atoms with van der Waals surface area (Å²) in [4.78, 5) is 20.1. The highest BCUT2D eigenvalue weighted by Crippen LogP contribution is 2.11. The molecule has 1 saturated heterocycles. The normalized spacial score (nSPS) is 21.4. The van der Waals surface area contributed by atoms with E-state index in [2.05, 4.69) is 15.3 Å². The Kier molecular flexibility index (Phi) is 2.86. The van der Waals surface area contributed by atoms with Gasteiger partial charge in [-0.3, -0.25) is 4.79 Å². The van der Waals surface area contributed by atoms with E-state index in [1.165, 1.54) is 0 Å². The van der Waals surface area contributed by atoms with Crippen LogP contribution in [0.25, 0.3) is 0 Å². The van der Waals surface area contributed by atoms with Gasteiger partial charge in [0.1, 0.15) is 6.04 Å². The molecule has 79 valence electrons. The fourth-order valence-electron chi connectivity index (χ4n) is 1.50. The Morgan fingerprint density at radius 3 is 2.93 bits per heavy atom. The van der Waals surface area contributed by atoms with Gasteiger partial charge in [0.25, 0.3) is 0 Å². The first-order valence-electron chi connectivity index (χ1n) is 4.64. The zero-order valence-electron chi connectivity index (χ0n) is 7.98. The number of rotatable bonds is 2. The third kappa shape index (κ3) is 2.10. The van der Waals surface area contributed by atoms with E-state index in [-0.39, 0.29) is 0 Å². The molecule has 15 heavy (non-hydrogen) atoms. The summed E-state index contributed by atoms with van der Waals surface area (Å²) >= 11 is 0. The maximum atomic E-state index is 12.6. The van der Waals surface area contributed by atoms with Gasteiger partial charge < -0.3 is 10.2 Å². The highest BCUT2D eigenvalue weighted by molar-refractivity contribution is 5.65. The number of halogens is 1. The Labute approximate surface area is 86.3 Å². The lowest BCUT2D eigenvalue weighted by molar-refractivity contribution is 0.489. The summed E-state index contributed by atoms with van der Waals surface area (Å²) in [6, 6.07) is -0.399. The summed E-state index contributed by atoms with van der Waals surface area (Å²) < 4.78 is 12.6. The van der Waals surface area contributed by atoms with Crippen molar-refractivity contribution in [2.75, 3.05) is 24.5 Å². The van der Waals surface area contributed by atoms with Crippen molar-refractivity contribution in [2.45, 2.75) is 6.04 Å². The van der Waals surface area contributed by atoms with Crippen LogP contribution < -0.4 is 10.2 Å². The average molecular weight is 209 g/mol. The molecule has 5 nitrogen and oxygen atoms in total. The van der Waals surface area contributed by atoms with Crippen molar-refractivity contribution in [1.29, 1.82) is 0 Å². The molecular formula is C9H10FN4O. The summed E-state index contributed by atoms with van der Waals surface area (Å²) in [6.45, 7) is 1.88. The predicted molar refractivity (Wildman–Crippen MR) is 51.7 cm³/mol. The van der Waals surface area contributed by atoms with Crippen LogP contribution in [-0.2, 0) is 4.79 Å². The van der Waals surface area contributed by atoms with Crippen LogP contribution in [-0.4, -0.2) is 41.9 Å². The molecule has 1 unspecified atom stereocenters. The number of aromatic nitrogens is 2. The van der Waals surface area contributed by atoms with Gasteiger partial charge in [-0.15, -0.1) is 0 Å². The molecule has 1 aliphatic heterocycles. The van der Waals surface area contributed by atoms with Gasteiger partial charge >= 0.3 is 0 Å². The zero-order chi connectivity index (χ0) is 10.7. The molecule has 0 aliphatic carbocycles. The first kappa shape index (κ1) is 9.97. The van der Waals surface area contributed by atoms with Gasteiger partial charge in [-0.2, -0.15) is 0 Å². The van der Waals surface area contributed by atoms with Crippen molar-refractivity contribution in [3.05, 3.63) is 18.2 Å². The molecule has 1 aromatic rings. The van der Waals surface area contributed by atoms with E-state index in [4.69, 9.17) is 0 Å². The van der Waals surface area contributed by atoms with Gasteiger partial charge in [-0.25, -0.2) is 14.4 Å². The van der Waals surface area contributed by atoms with Crippen molar-refractivity contribution < 1.29 is 9.18 Å². The van der Waals surface area contributed by atoms with Gasteiger partial charge in [-0.1, -0.05) is 0 Å². The lowest BCUT2D eigenvalue weighted by Gasteiger charge is -2.32. The minimum Gasteiger partial charge on any atom is -0.328 e. The third-order valence-electron chi connectivity index (χ3n) is 2.24. The van der Waals surface area contributed by atoms with E-state index in [0.717, 1.165) is 18.9 Å². The number of hydrogen-bond donors (Lipinski definition) is 1. The van der Waals surface area contributed by atoms with E-state index in [1.54, 1.807) is 4.90 Å². The highest BCUT2D eigenvalue weighted by Gasteiger charge is 2.24. The molecule has 6 heteroatoms. The molecule has 0 amide bonds. The molecule has 0 aromatic carbocycles. The number of carbonyl (C=O) groups excluding carboxylic acids is 1. The fraction of sp³-hybridized carbons (Fsp3) is 0.444. The molecule has 1 aliphatic rings. The number of nitrogens with one attached hydrogen (secondary N) is 1. The first-order valence-corrected chi connectivity index (χ1v) is 4.64. The van der Waals surface area contributed by atoms with Crippen LogP contribution in [0.3, 0.4) is 0 Å². The largest absolute Gasteiger partial charge is 0.328 e. The second-order valence-electron chi connectivity index (χ2n) is 3.23. The quantitative estimate of drug-likeness (QED) is 0.711. The molecule has 0 saturated carbocycles. The van der Waals surface area contributed by atoms with Gasteiger partial charge in [0.15, 0.2) is 5.82 Å². The summed E-state index contributed by atoms with van der Waals surface area (Å²) in [5.74, 6) is -0.119. The number of nitrogens with zero attached hydrogens (tertiary/aromatic N) is 3. The predicted octanol–water partition coefficient (Wildman–Crippen LogP) is -0.496. The van der Waals surface area contributed by atoms with Gasteiger partial charge in [-0.05, 0) is 0 Å². The Balaban J connectivity index is 2.20. The minimum absolute atomic E-state index is 0.367. The molecular weight excluding hydrogens is 199 g/mol. The van der Waals surface area contributed by atoms with Gasteiger partial charge in [0.05, 0.1) is 12.4 Å². The number of hydrogen-bond acceptors (Lipinski definition) is 5. The van der Waals surface area contributed by atoms with Crippen LogP contribution in [0.5, 0.6) is 0 Å². The molecule has 2 rings (SSSR count). The van der Waals surface area contributed by atoms with Crippen LogP contribution >= 0.6 is 0 Å². The second kappa shape index (κ2) is 4.31. The summed E-state index contributed by atoms with van der Waals surface area (Å²) in [5.41, 5.74) is 0. The van der Waals surface area contributed by atoms with E-state index < -0.39 is 11.9 Å². The topological polar surface area (TPSA) is 58.1 Å². The third-order valence-corrected chi connectivity index (χ3v) is 2.24. The van der Waals surface area contributed by atoms with Crippen LogP contribution in [0, 0.1) is 5.82 Å². The summed E-state index contributed by atoms with van der Waals surface area (Å²) in [6.07, 6.45) is 4.09. The Bertz CT molecular complexity index is 342. The van der Waals surface area contributed by atoms with Crippen molar-refractivity contribution in [3.63, 3.8) is 0 Å². The SMILES string of the molecule is O=[C]C1CNCCN1c1ncc(F)cn1. The lowest BCUT2D eigenvalue weighted by Crippen LogP contribution is -2.52. The monoisotopic (exact) mass is 209 g/mol. The van der Waals surface area contributed by atoms with Crippen molar-refractivity contribution in [3.8, 4) is 0 Å². The second-order valence-corrected chi connectivity index (χ2v) is 3.23. The number of piperazine rings is 1. The molecule has 0 spiro atoms. The Hall–Kier alpha value is -1.56. The Morgan fingerprint density at radius 2 is 2.27 bits per heavy atom. The van der Waals surface area contributed by atoms with E-state index in [1.807, 2.05) is 6.29 Å². The average Bonchev–Trinajstić information content (AvgIpc) is 2.30. The maximum Gasteiger partial charge on any atom is 0.226 e. The standard InChI is InChI=1S/C9H10FN4O/c10-7-3-12-9(13-4-7)14-2-1-11-5-8(14)6-15/h3-4,8,11H,1-2,5H2. The highest BCUT2D eigenvalue weighted by atomic mass is 19.1. The number of anilines is 1. The molecule has 2 heterocycles. The molecule has 1 fully saturated rings. The molecule has 1 radical (unpaired) electrons. The Morgan fingerprint density at radius 1 is 1.53 bits per heavy atom. The molecule has 1 atom stereocenters. The molecule has 0 bridgehead atoms. The van der Waals surface area contributed by atoms with Gasteiger partial charge in [0, 0.05) is 19.6 Å². The minimum atomic E-state index is -0.486. The van der Waals surface area contributed by atoms with Gasteiger partial charge in [0.2, 0.25) is 12.2 Å². The fourth-order valence-corrected chi connectivity index (χ4v) is 1.50. The zero-order valence-corrected chi connectivity index (χ0v) is 7.98. The van der Waals surface area contributed by atoms with E-state index >= 15 is 0 Å². The first-order chi connectivity index (χ1) is 7.31. The van der Waals surface area contributed by atoms with E-state index in [0.29, 0.717) is 19.0 Å². The van der Waals surface area contributed by atoms with Crippen LogP contribution in [0.15, 0.2) is 12.4 Å². The van der Waals surface area contributed by atoms with E-state index in [9.17, 15) is 9.18 Å². The summed E-state index contributed by atoms with van der Waals surface area (Å²) in [7, 11) is 0. The summed E-state index contributed by atoms with van der Waals surface area (Å²) in [5, 5.41) is 3.06. The van der Waals surface area contributed by atoms with Crippen molar-refractivity contribution >= 4 is 12.2 Å². The van der Waals surface area contributed by atoms with Crippen molar-refractivity contribution in [1.82, 2.24) is 15.3 Å². The molecule has 1 N–H and O–H groups in total. The molecule has 1 aromatic heterocycles. The van der Waals surface area contributed by atoms with Crippen LogP contribution in [0.1, 0.15) is 0 Å².